The molecular weight excluding hydrogens is 222 g/mol. The van der Waals surface area contributed by atoms with Crippen LogP contribution in [0.3, 0.4) is 0 Å². The van der Waals surface area contributed by atoms with Crippen LogP contribution in [0.25, 0.3) is 5.69 Å². The molecule has 1 aliphatic rings. The maximum atomic E-state index is 6.42. The minimum Gasteiger partial charge on any atom is -0.322 e. The molecule has 0 saturated heterocycles. The number of aromatic nitrogens is 2. The van der Waals surface area contributed by atoms with Crippen molar-refractivity contribution in [2.24, 2.45) is 11.7 Å². The van der Waals surface area contributed by atoms with Gasteiger partial charge in [0.2, 0.25) is 0 Å². The fraction of sp³-hybridized carbons (Fsp3) is 0.400. The predicted octanol–water partition coefficient (Wildman–Crippen LogP) is 3.06. The Balaban J connectivity index is 1.91. The van der Waals surface area contributed by atoms with Crippen molar-refractivity contribution >= 4 is 0 Å². The number of benzene rings is 1. The van der Waals surface area contributed by atoms with Crippen LogP contribution in [-0.2, 0) is 0 Å². The van der Waals surface area contributed by atoms with E-state index < -0.39 is 0 Å². The van der Waals surface area contributed by atoms with Crippen molar-refractivity contribution in [2.75, 3.05) is 0 Å². The van der Waals surface area contributed by atoms with Gasteiger partial charge in [0.25, 0.3) is 0 Å². The molecule has 1 aromatic carbocycles. The van der Waals surface area contributed by atoms with Gasteiger partial charge in [-0.05, 0) is 37.0 Å². The van der Waals surface area contributed by atoms with E-state index in [1.54, 1.807) is 0 Å². The van der Waals surface area contributed by atoms with Gasteiger partial charge in [-0.2, -0.15) is 5.10 Å². The van der Waals surface area contributed by atoms with Crippen molar-refractivity contribution in [2.45, 2.75) is 31.7 Å². The minimum atomic E-state index is 0.107. The smallest absolute Gasteiger partial charge is 0.0649 e. The van der Waals surface area contributed by atoms with Gasteiger partial charge < -0.3 is 5.73 Å². The van der Waals surface area contributed by atoms with E-state index in [4.69, 9.17) is 5.73 Å². The highest BCUT2D eigenvalue weighted by molar-refractivity contribution is 5.33. The molecule has 2 N–H and O–H groups in total. The van der Waals surface area contributed by atoms with Gasteiger partial charge in [-0.25, -0.2) is 4.68 Å². The van der Waals surface area contributed by atoms with Gasteiger partial charge in [0, 0.05) is 12.2 Å². The zero-order valence-corrected chi connectivity index (χ0v) is 10.5. The molecule has 1 unspecified atom stereocenters. The van der Waals surface area contributed by atoms with Crippen LogP contribution in [-0.4, -0.2) is 9.78 Å². The molecule has 1 aromatic heterocycles. The molecule has 2 aromatic rings. The number of rotatable bonds is 3. The highest BCUT2D eigenvalue weighted by Crippen LogP contribution is 2.34. The summed E-state index contributed by atoms with van der Waals surface area (Å²) >= 11 is 0. The summed E-state index contributed by atoms with van der Waals surface area (Å²) in [4.78, 5) is 0. The van der Waals surface area contributed by atoms with Crippen LogP contribution >= 0.6 is 0 Å². The average molecular weight is 241 g/mol. The molecule has 1 heterocycles. The monoisotopic (exact) mass is 241 g/mol. The molecule has 3 heteroatoms. The molecule has 0 amide bonds. The first-order valence-electron chi connectivity index (χ1n) is 6.71. The Bertz CT molecular complexity index is 497. The molecule has 1 aliphatic carbocycles. The third kappa shape index (κ3) is 2.06. The van der Waals surface area contributed by atoms with Gasteiger partial charge in [0.05, 0.1) is 11.4 Å². The molecule has 1 atom stereocenters. The second kappa shape index (κ2) is 4.94. The molecule has 3 rings (SSSR count). The van der Waals surface area contributed by atoms with E-state index in [-0.39, 0.29) is 6.04 Å². The number of para-hydroxylation sites is 1. The van der Waals surface area contributed by atoms with Gasteiger partial charge in [-0.1, -0.05) is 31.0 Å². The van der Waals surface area contributed by atoms with E-state index in [2.05, 4.69) is 23.3 Å². The predicted molar refractivity (Wildman–Crippen MR) is 72.5 cm³/mol. The topological polar surface area (TPSA) is 43.8 Å². The zero-order valence-electron chi connectivity index (χ0n) is 10.5. The van der Waals surface area contributed by atoms with E-state index >= 15 is 0 Å². The van der Waals surface area contributed by atoms with Crippen molar-refractivity contribution in [1.82, 2.24) is 9.78 Å². The Hall–Kier alpha value is -1.61. The summed E-state index contributed by atoms with van der Waals surface area (Å²) in [5, 5.41) is 4.42. The van der Waals surface area contributed by atoms with Crippen LogP contribution in [0.15, 0.2) is 42.6 Å². The molecule has 1 fully saturated rings. The number of hydrogen-bond donors (Lipinski definition) is 1. The maximum absolute atomic E-state index is 6.42. The summed E-state index contributed by atoms with van der Waals surface area (Å²) in [6, 6.07) is 12.4. The summed E-state index contributed by atoms with van der Waals surface area (Å²) in [6.45, 7) is 0. The molecular formula is C15H19N3. The van der Waals surface area contributed by atoms with E-state index in [1.165, 1.54) is 25.7 Å². The molecule has 3 nitrogen and oxygen atoms in total. The molecule has 0 bridgehead atoms. The highest BCUT2D eigenvalue weighted by atomic mass is 15.3. The van der Waals surface area contributed by atoms with Crippen LogP contribution in [0, 0.1) is 5.92 Å². The lowest BCUT2D eigenvalue weighted by atomic mass is 9.96. The Morgan fingerprint density at radius 1 is 1.11 bits per heavy atom. The van der Waals surface area contributed by atoms with Gasteiger partial charge in [-0.15, -0.1) is 0 Å². The molecule has 18 heavy (non-hydrogen) atoms. The highest BCUT2D eigenvalue weighted by Gasteiger charge is 2.25. The number of nitrogens with zero attached hydrogens (tertiary/aromatic N) is 2. The first-order valence-corrected chi connectivity index (χ1v) is 6.71. The average Bonchev–Trinajstić information content (AvgIpc) is 3.10. The molecule has 0 radical (unpaired) electrons. The van der Waals surface area contributed by atoms with Crippen LogP contribution in [0.1, 0.15) is 37.4 Å². The third-order valence-electron chi connectivity index (χ3n) is 3.92. The minimum absolute atomic E-state index is 0.107. The molecule has 0 aliphatic heterocycles. The quantitative estimate of drug-likeness (QED) is 0.897. The Morgan fingerprint density at radius 3 is 2.56 bits per heavy atom. The lowest BCUT2D eigenvalue weighted by molar-refractivity contribution is 0.429. The van der Waals surface area contributed by atoms with Crippen LogP contribution in [0.5, 0.6) is 0 Å². The Kier molecular flexibility index (Phi) is 3.15. The van der Waals surface area contributed by atoms with Crippen molar-refractivity contribution in [3.05, 3.63) is 48.3 Å². The van der Waals surface area contributed by atoms with Gasteiger partial charge >= 0.3 is 0 Å². The van der Waals surface area contributed by atoms with Gasteiger partial charge in [-0.3, -0.25) is 0 Å². The fourth-order valence-electron chi connectivity index (χ4n) is 2.91. The van der Waals surface area contributed by atoms with Gasteiger partial charge in [0.1, 0.15) is 0 Å². The standard InChI is InChI=1S/C15H19N3/c16-15(12-6-4-5-7-12)14-10-11-17-18(14)13-8-2-1-3-9-13/h1-3,8-12,15H,4-7,16H2. The summed E-state index contributed by atoms with van der Waals surface area (Å²) in [5.74, 6) is 0.615. The van der Waals surface area contributed by atoms with Gasteiger partial charge in [0.15, 0.2) is 0 Å². The van der Waals surface area contributed by atoms with E-state index in [1.807, 2.05) is 29.1 Å². The lowest BCUT2D eigenvalue weighted by Gasteiger charge is -2.20. The summed E-state index contributed by atoms with van der Waals surface area (Å²) < 4.78 is 1.98. The van der Waals surface area contributed by atoms with Crippen molar-refractivity contribution in [1.29, 1.82) is 0 Å². The van der Waals surface area contributed by atoms with Crippen LogP contribution in [0.2, 0.25) is 0 Å². The second-order valence-corrected chi connectivity index (χ2v) is 5.07. The van der Waals surface area contributed by atoms with Crippen LogP contribution < -0.4 is 5.73 Å². The zero-order chi connectivity index (χ0) is 12.4. The largest absolute Gasteiger partial charge is 0.322 e. The van der Waals surface area contributed by atoms with E-state index in [9.17, 15) is 0 Å². The summed E-state index contributed by atoms with van der Waals surface area (Å²) in [6.07, 6.45) is 6.98. The van der Waals surface area contributed by atoms with Crippen molar-refractivity contribution in [3.63, 3.8) is 0 Å². The second-order valence-electron chi connectivity index (χ2n) is 5.07. The number of nitrogens with two attached hydrogens (primary N) is 1. The fourth-order valence-corrected chi connectivity index (χ4v) is 2.91. The summed E-state index contributed by atoms with van der Waals surface area (Å²) in [5.41, 5.74) is 8.64. The molecule has 0 spiro atoms. The lowest BCUT2D eigenvalue weighted by Crippen LogP contribution is -2.22. The first-order chi connectivity index (χ1) is 8.86. The van der Waals surface area contributed by atoms with Crippen molar-refractivity contribution in [3.8, 4) is 5.69 Å². The number of hydrogen-bond acceptors (Lipinski definition) is 2. The Morgan fingerprint density at radius 2 is 1.83 bits per heavy atom. The molecule has 94 valence electrons. The SMILES string of the molecule is NC(c1ccnn1-c1ccccc1)C1CCCC1. The maximum Gasteiger partial charge on any atom is 0.0649 e. The Labute approximate surface area is 108 Å². The summed E-state index contributed by atoms with van der Waals surface area (Å²) in [7, 11) is 0. The van der Waals surface area contributed by atoms with Crippen molar-refractivity contribution < 1.29 is 0 Å². The normalized spacial score (nSPS) is 18.1. The van der Waals surface area contributed by atoms with E-state index in [0.29, 0.717) is 5.92 Å². The third-order valence-corrected chi connectivity index (χ3v) is 3.92. The van der Waals surface area contributed by atoms with Crippen LogP contribution in [0.4, 0.5) is 0 Å². The van der Waals surface area contributed by atoms with E-state index in [0.717, 1.165) is 11.4 Å². The molecule has 1 saturated carbocycles. The first kappa shape index (κ1) is 11.5.